The van der Waals surface area contributed by atoms with Crippen molar-refractivity contribution in [2.45, 2.75) is 90.4 Å². The normalized spacial score (nSPS) is 13.2. The third kappa shape index (κ3) is 15.7. The molecule has 0 aromatic carbocycles. The molecule has 0 aromatic rings. The molecule has 0 heteroatoms. The van der Waals surface area contributed by atoms with Crippen LogP contribution in [0.5, 0.6) is 0 Å². The van der Waals surface area contributed by atoms with Crippen LogP contribution < -0.4 is 0 Å². The van der Waals surface area contributed by atoms with E-state index in [2.05, 4.69) is 32.9 Å². The maximum atomic E-state index is 3.89. The highest BCUT2D eigenvalue weighted by atomic mass is 14.1. The topological polar surface area (TPSA) is 0 Å². The molecule has 112 valence electrons. The second kappa shape index (κ2) is 15.8. The zero-order valence-electron chi connectivity index (χ0n) is 13.3. The van der Waals surface area contributed by atoms with Crippen molar-refractivity contribution in [3.8, 4) is 0 Å². The Morgan fingerprint density at radius 2 is 1.26 bits per heavy atom. The van der Waals surface area contributed by atoms with Crippen molar-refractivity contribution >= 4 is 0 Å². The molecule has 0 aliphatic carbocycles. The average molecular weight is 264 g/mol. The fraction of sp³-hybridized carbons (Fsp3) is 0.789. The molecule has 2 radical (unpaired) electrons. The van der Waals surface area contributed by atoms with Gasteiger partial charge in [0.2, 0.25) is 0 Å². The molecule has 0 heterocycles. The molecule has 0 amide bonds. The summed E-state index contributed by atoms with van der Waals surface area (Å²) in [7, 11) is 0. The van der Waals surface area contributed by atoms with Crippen LogP contribution in [0, 0.1) is 19.8 Å². The molecule has 0 aliphatic rings. The Bertz CT molecular complexity index is 180. The number of allylic oxidation sites excluding steroid dienone is 2. The van der Waals surface area contributed by atoms with Crippen molar-refractivity contribution in [2.24, 2.45) is 5.92 Å². The minimum absolute atomic E-state index is 0.927. The molecule has 0 rings (SSSR count). The number of hydrogen-bond donors (Lipinski definition) is 0. The molecule has 0 bridgehead atoms. The Kier molecular flexibility index (Phi) is 15.6. The molecular formula is C19H36. The summed E-state index contributed by atoms with van der Waals surface area (Å²) in [5, 5.41) is 0. The lowest BCUT2D eigenvalue weighted by molar-refractivity contribution is 0.439. The van der Waals surface area contributed by atoms with Gasteiger partial charge in [0, 0.05) is 0 Å². The molecule has 0 fully saturated rings. The van der Waals surface area contributed by atoms with Crippen molar-refractivity contribution < 1.29 is 0 Å². The summed E-state index contributed by atoms with van der Waals surface area (Å²) in [6.45, 7) is 10.2. The van der Waals surface area contributed by atoms with Crippen molar-refractivity contribution in [3.63, 3.8) is 0 Å². The van der Waals surface area contributed by atoms with Gasteiger partial charge in [0.25, 0.3) is 0 Å². The third-order valence-corrected chi connectivity index (χ3v) is 3.80. The fourth-order valence-electron chi connectivity index (χ4n) is 2.45. The zero-order valence-corrected chi connectivity index (χ0v) is 13.3. The molecule has 0 saturated carbocycles. The molecule has 1 atom stereocenters. The first kappa shape index (κ1) is 18.7. The second-order valence-electron chi connectivity index (χ2n) is 5.91. The quantitative estimate of drug-likeness (QED) is 0.236. The first-order chi connectivity index (χ1) is 9.31. The van der Waals surface area contributed by atoms with E-state index >= 15 is 0 Å². The third-order valence-electron chi connectivity index (χ3n) is 3.80. The smallest absolute Gasteiger partial charge is 0.0351 e. The van der Waals surface area contributed by atoms with Crippen LogP contribution in [0.15, 0.2) is 12.2 Å². The number of hydrogen-bond acceptors (Lipinski definition) is 0. The summed E-state index contributed by atoms with van der Waals surface area (Å²) >= 11 is 0. The largest absolute Gasteiger partial charge is 0.0885 e. The standard InChI is InChI=1S/C19H36/c1-4-6-8-10-12-14-16-18-19(3)17-15-13-11-9-7-5-2/h8,10,19H,1-2,4-7,9,11-18H2,3H3/b10-8+. The molecule has 0 nitrogen and oxygen atoms in total. The van der Waals surface area contributed by atoms with Gasteiger partial charge >= 0.3 is 0 Å². The van der Waals surface area contributed by atoms with Gasteiger partial charge in [0.15, 0.2) is 0 Å². The Labute approximate surface area is 123 Å². The summed E-state index contributed by atoms with van der Waals surface area (Å²) in [5.41, 5.74) is 0. The van der Waals surface area contributed by atoms with Crippen molar-refractivity contribution in [1.82, 2.24) is 0 Å². The molecular weight excluding hydrogens is 228 g/mol. The van der Waals surface area contributed by atoms with Crippen molar-refractivity contribution in [1.29, 1.82) is 0 Å². The molecule has 19 heavy (non-hydrogen) atoms. The highest BCUT2D eigenvalue weighted by Gasteiger charge is 2.01. The van der Waals surface area contributed by atoms with Gasteiger partial charge in [-0.2, -0.15) is 0 Å². The van der Waals surface area contributed by atoms with Crippen LogP contribution >= 0.6 is 0 Å². The van der Waals surface area contributed by atoms with Crippen LogP contribution in [0.4, 0.5) is 0 Å². The lowest BCUT2D eigenvalue weighted by atomic mass is 9.96. The van der Waals surface area contributed by atoms with Crippen LogP contribution in [-0.4, -0.2) is 0 Å². The molecule has 0 spiro atoms. The second-order valence-corrected chi connectivity index (χ2v) is 5.91. The Morgan fingerprint density at radius 1 is 0.684 bits per heavy atom. The SMILES string of the molecule is [CH2]CC/C=C/CCCCC(C)CCCCCCC[CH2]. The molecule has 0 aliphatic heterocycles. The number of rotatable bonds is 14. The maximum Gasteiger partial charge on any atom is -0.0351 e. The van der Waals surface area contributed by atoms with E-state index in [-0.39, 0.29) is 0 Å². The van der Waals surface area contributed by atoms with E-state index in [1.54, 1.807) is 0 Å². The van der Waals surface area contributed by atoms with Gasteiger partial charge in [0.1, 0.15) is 0 Å². The molecule has 0 aromatic heterocycles. The monoisotopic (exact) mass is 264 g/mol. The highest BCUT2D eigenvalue weighted by Crippen LogP contribution is 2.17. The van der Waals surface area contributed by atoms with Gasteiger partial charge in [-0.05, 0) is 31.6 Å². The minimum atomic E-state index is 0.927. The maximum absolute atomic E-state index is 3.89. The fourth-order valence-corrected chi connectivity index (χ4v) is 2.45. The highest BCUT2D eigenvalue weighted by molar-refractivity contribution is 4.81. The van der Waals surface area contributed by atoms with Gasteiger partial charge in [0.05, 0.1) is 0 Å². The van der Waals surface area contributed by atoms with Gasteiger partial charge < -0.3 is 0 Å². The Hall–Kier alpha value is -0.260. The first-order valence-electron chi connectivity index (χ1n) is 8.54. The molecule has 0 saturated heterocycles. The lowest BCUT2D eigenvalue weighted by Crippen LogP contribution is -1.95. The summed E-state index contributed by atoms with van der Waals surface area (Å²) < 4.78 is 0. The minimum Gasteiger partial charge on any atom is -0.0885 e. The Balaban J connectivity index is 3.18. The predicted molar refractivity (Wildman–Crippen MR) is 89.0 cm³/mol. The summed E-state index contributed by atoms with van der Waals surface area (Å²) in [5.74, 6) is 0.927. The lowest BCUT2D eigenvalue weighted by Gasteiger charge is -2.10. The summed E-state index contributed by atoms with van der Waals surface area (Å²) in [6.07, 6.45) is 21.8. The van der Waals surface area contributed by atoms with Gasteiger partial charge in [-0.25, -0.2) is 0 Å². The van der Waals surface area contributed by atoms with Gasteiger partial charge in [-0.1, -0.05) is 90.7 Å². The van der Waals surface area contributed by atoms with Gasteiger partial charge in [-0.15, -0.1) is 0 Å². The van der Waals surface area contributed by atoms with Crippen molar-refractivity contribution in [3.05, 3.63) is 26.0 Å². The van der Waals surface area contributed by atoms with E-state index in [1.165, 1.54) is 64.2 Å². The molecule has 0 N–H and O–H groups in total. The van der Waals surface area contributed by atoms with E-state index in [0.29, 0.717) is 0 Å². The van der Waals surface area contributed by atoms with Gasteiger partial charge in [-0.3, -0.25) is 0 Å². The van der Waals surface area contributed by atoms with E-state index < -0.39 is 0 Å². The molecule has 1 unspecified atom stereocenters. The summed E-state index contributed by atoms with van der Waals surface area (Å²) in [6, 6.07) is 0. The van der Waals surface area contributed by atoms with E-state index in [1.807, 2.05) is 0 Å². The summed E-state index contributed by atoms with van der Waals surface area (Å²) in [4.78, 5) is 0. The predicted octanol–water partition coefficient (Wildman–Crippen LogP) is 6.92. The van der Waals surface area contributed by atoms with E-state index in [0.717, 1.165) is 25.2 Å². The average Bonchev–Trinajstić information content (AvgIpc) is 2.41. The van der Waals surface area contributed by atoms with Crippen LogP contribution in [0.1, 0.15) is 90.4 Å². The van der Waals surface area contributed by atoms with E-state index in [4.69, 9.17) is 0 Å². The van der Waals surface area contributed by atoms with Crippen LogP contribution in [0.2, 0.25) is 0 Å². The van der Waals surface area contributed by atoms with Crippen molar-refractivity contribution in [2.75, 3.05) is 0 Å². The van der Waals surface area contributed by atoms with E-state index in [9.17, 15) is 0 Å². The first-order valence-corrected chi connectivity index (χ1v) is 8.54. The Morgan fingerprint density at radius 3 is 1.95 bits per heavy atom. The van der Waals surface area contributed by atoms with Crippen LogP contribution in [0.25, 0.3) is 0 Å². The zero-order chi connectivity index (χ0) is 14.2. The number of unbranched alkanes of at least 4 members (excludes halogenated alkanes) is 8. The van der Waals surface area contributed by atoms with Crippen LogP contribution in [0.3, 0.4) is 0 Å². The van der Waals surface area contributed by atoms with Crippen LogP contribution in [-0.2, 0) is 0 Å².